The van der Waals surface area contributed by atoms with E-state index < -0.39 is 0 Å². The van der Waals surface area contributed by atoms with E-state index in [1.807, 2.05) is 26.0 Å². The Morgan fingerprint density at radius 3 is 2.67 bits per heavy atom. The monoisotopic (exact) mass is 202 g/mol. The fourth-order valence-corrected chi connectivity index (χ4v) is 1.34. The summed E-state index contributed by atoms with van der Waals surface area (Å²) >= 11 is 0. The highest BCUT2D eigenvalue weighted by Crippen LogP contribution is 2.15. The standard InChI is InChI=1S/C11H14N4/c1-8(2)15-13-11(12-14-15)10-6-4-5-9(3)7-10/h4-8H,1-3H3. The zero-order chi connectivity index (χ0) is 10.8. The minimum atomic E-state index is 0.246. The van der Waals surface area contributed by atoms with Crippen molar-refractivity contribution in [3.05, 3.63) is 29.8 Å². The quantitative estimate of drug-likeness (QED) is 0.750. The maximum Gasteiger partial charge on any atom is 0.204 e. The number of hydrogen-bond acceptors (Lipinski definition) is 3. The SMILES string of the molecule is Cc1cccc(-c2nnn(C(C)C)n2)c1. The first-order valence-corrected chi connectivity index (χ1v) is 5.03. The van der Waals surface area contributed by atoms with Gasteiger partial charge in [-0.15, -0.1) is 10.2 Å². The molecule has 2 rings (SSSR count). The Hall–Kier alpha value is -1.71. The predicted molar refractivity (Wildman–Crippen MR) is 58.4 cm³/mol. The summed E-state index contributed by atoms with van der Waals surface area (Å²) in [7, 11) is 0. The molecule has 0 spiro atoms. The Labute approximate surface area is 88.9 Å². The largest absolute Gasteiger partial charge is 0.204 e. The molecule has 0 fully saturated rings. The number of hydrogen-bond donors (Lipinski definition) is 0. The smallest absolute Gasteiger partial charge is 0.161 e. The highest BCUT2D eigenvalue weighted by atomic mass is 15.6. The molecule has 0 radical (unpaired) electrons. The summed E-state index contributed by atoms with van der Waals surface area (Å²) in [6.07, 6.45) is 0. The Kier molecular flexibility index (Phi) is 2.49. The molecule has 0 amide bonds. The number of aromatic nitrogens is 4. The Bertz CT molecular complexity index is 459. The van der Waals surface area contributed by atoms with Gasteiger partial charge in [-0.1, -0.05) is 23.8 Å². The van der Waals surface area contributed by atoms with Crippen molar-refractivity contribution in [3.63, 3.8) is 0 Å². The van der Waals surface area contributed by atoms with Gasteiger partial charge < -0.3 is 0 Å². The van der Waals surface area contributed by atoms with E-state index in [1.54, 1.807) is 4.80 Å². The van der Waals surface area contributed by atoms with Gasteiger partial charge >= 0.3 is 0 Å². The van der Waals surface area contributed by atoms with Crippen LogP contribution >= 0.6 is 0 Å². The van der Waals surface area contributed by atoms with Gasteiger partial charge in [0.25, 0.3) is 0 Å². The van der Waals surface area contributed by atoms with E-state index in [-0.39, 0.29) is 6.04 Å². The van der Waals surface area contributed by atoms with Crippen LogP contribution in [-0.2, 0) is 0 Å². The van der Waals surface area contributed by atoms with Crippen LogP contribution in [0.1, 0.15) is 25.5 Å². The van der Waals surface area contributed by atoms with Gasteiger partial charge in [0.2, 0.25) is 5.82 Å². The van der Waals surface area contributed by atoms with Crippen molar-refractivity contribution in [1.82, 2.24) is 20.2 Å². The molecule has 0 N–H and O–H groups in total. The first-order chi connectivity index (χ1) is 7.16. The minimum Gasteiger partial charge on any atom is -0.161 e. The zero-order valence-corrected chi connectivity index (χ0v) is 9.18. The van der Waals surface area contributed by atoms with E-state index in [9.17, 15) is 0 Å². The minimum absolute atomic E-state index is 0.246. The molecule has 2 aromatic rings. The molecule has 0 aliphatic carbocycles. The first kappa shape index (κ1) is 9.83. The van der Waals surface area contributed by atoms with Gasteiger partial charge in [-0.05, 0) is 32.1 Å². The molecule has 78 valence electrons. The number of nitrogens with zero attached hydrogens (tertiary/aromatic N) is 4. The number of aryl methyl sites for hydroxylation is 1. The van der Waals surface area contributed by atoms with Crippen LogP contribution in [0.3, 0.4) is 0 Å². The van der Waals surface area contributed by atoms with Crippen LogP contribution in [-0.4, -0.2) is 20.2 Å². The Morgan fingerprint density at radius 1 is 1.27 bits per heavy atom. The molecule has 4 heteroatoms. The lowest BCUT2D eigenvalue weighted by atomic mass is 10.1. The van der Waals surface area contributed by atoms with Crippen LogP contribution < -0.4 is 0 Å². The van der Waals surface area contributed by atoms with Crippen LogP contribution in [0.15, 0.2) is 24.3 Å². The summed E-state index contributed by atoms with van der Waals surface area (Å²) < 4.78 is 0. The molecular weight excluding hydrogens is 188 g/mol. The second-order valence-corrected chi connectivity index (χ2v) is 3.90. The van der Waals surface area contributed by atoms with E-state index in [2.05, 4.69) is 34.5 Å². The lowest BCUT2D eigenvalue weighted by Gasteiger charge is -1.99. The first-order valence-electron chi connectivity index (χ1n) is 5.03. The topological polar surface area (TPSA) is 43.6 Å². The van der Waals surface area contributed by atoms with Crippen molar-refractivity contribution in [2.75, 3.05) is 0 Å². The van der Waals surface area contributed by atoms with Crippen molar-refractivity contribution in [3.8, 4) is 11.4 Å². The van der Waals surface area contributed by atoms with Crippen LogP contribution in [0.25, 0.3) is 11.4 Å². The third kappa shape index (κ3) is 2.03. The van der Waals surface area contributed by atoms with Gasteiger partial charge in [-0.25, -0.2) is 0 Å². The number of tetrazole rings is 1. The lowest BCUT2D eigenvalue weighted by Crippen LogP contribution is -2.04. The van der Waals surface area contributed by atoms with Crippen molar-refractivity contribution in [2.24, 2.45) is 0 Å². The molecular formula is C11H14N4. The predicted octanol–water partition coefficient (Wildman–Crippen LogP) is 2.23. The van der Waals surface area contributed by atoms with E-state index in [1.165, 1.54) is 5.56 Å². The van der Waals surface area contributed by atoms with Crippen molar-refractivity contribution in [1.29, 1.82) is 0 Å². The van der Waals surface area contributed by atoms with Crippen LogP contribution in [0.5, 0.6) is 0 Å². The van der Waals surface area contributed by atoms with Crippen LogP contribution in [0.2, 0.25) is 0 Å². The van der Waals surface area contributed by atoms with Gasteiger partial charge in [0.1, 0.15) is 0 Å². The van der Waals surface area contributed by atoms with E-state index in [0.717, 1.165) is 5.56 Å². The Morgan fingerprint density at radius 2 is 2.07 bits per heavy atom. The molecule has 0 saturated heterocycles. The molecule has 0 saturated carbocycles. The zero-order valence-electron chi connectivity index (χ0n) is 9.18. The van der Waals surface area contributed by atoms with Crippen LogP contribution in [0, 0.1) is 6.92 Å². The molecule has 0 atom stereocenters. The third-order valence-electron chi connectivity index (χ3n) is 2.17. The lowest BCUT2D eigenvalue weighted by molar-refractivity contribution is 0.455. The van der Waals surface area contributed by atoms with Gasteiger partial charge in [-0.2, -0.15) is 4.80 Å². The molecule has 0 bridgehead atoms. The Balaban J connectivity index is 2.37. The molecule has 1 heterocycles. The van der Waals surface area contributed by atoms with E-state index >= 15 is 0 Å². The van der Waals surface area contributed by atoms with Crippen molar-refractivity contribution in [2.45, 2.75) is 26.8 Å². The van der Waals surface area contributed by atoms with Crippen LogP contribution in [0.4, 0.5) is 0 Å². The summed E-state index contributed by atoms with van der Waals surface area (Å²) in [4.78, 5) is 1.62. The second-order valence-electron chi connectivity index (χ2n) is 3.90. The summed E-state index contributed by atoms with van der Waals surface area (Å²) in [5.74, 6) is 0.687. The summed E-state index contributed by atoms with van der Waals surface area (Å²) in [5.41, 5.74) is 2.22. The maximum absolute atomic E-state index is 4.32. The van der Waals surface area contributed by atoms with Gasteiger partial charge in [-0.3, -0.25) is 0 Å². The van der Waals surface area contributed by atoms with Gasteiger partial charge in [0, 0.05) is 5.56 Å². The molecule has 1 aromatic heterocycles. The van der Waals surface area contributed by atoms with E-state index in [0.29, 0.717) is 5.82 Å². The van der Waals surface area contributed by atoms with E-state index in [4.69, 9.17) is 0 Å². The van der Waals surface area contributed by atoms with Crippen molar-refractivity contribution >= 4 is 0 Å². The molecule has 1 aromatic carbocycles. The number of rotatable bonds is 2. The maximum atomic E-state index is 4.32. The average molecular weight is 202 g/mol. The molecule has 4 nitrogen and oxygen atoms in total. The number of benzene rings is 1. The fourth-order valence-electron chi connectivity index (χ4n) is 1.34. The second kappa shape index (κ2) is 3.81. The normalized spacial score (nSPS) is 10.9. The van der Waals surface area contributed by atoms with Gasteiger partial charge in [0.05, 0.1) is 6.04 Å². The fraction of sp³-hybridized carbons (Fsp3) is 0.364. The van der Waals surface area contributed by atoms with Gasteiger partial charge in [0.15, 0.2) is 0 Å². The summed E-state index contributed by atoms with van der Waals surface area (Å²) in [5, 5.41) is 12.3. The summed E-state index contributed by atoms with van der Waals surface area (Å²) in [6, 6.07) is 8.35. The molecule has 0 unspecified atom stereocenters. The highest BCUT2D eigenvalue weighted by molar-refractivity contribution is 5.54. The van der Waals surface area contributed by atoms with Crippen molar-refractivity contribution < 1.29 is 0 Å². The molecule has 15 heavy (non-hydrogen) atoms. The summed E-state index contributed by atoms with van der Waals surface area (Å²) in [6.45, 7) is 6.11. The highest BCUT2D eigenvalue weighted by Gasteiger charge is 2.07. The molecule has 0 aliphatic heterocycles. The molecule has 0 aliphatic rings. The third-order valence-corrected chi connectivity index (χ3v) is 2.17. The average Bonchev–Trinajstić information content (AvgIpc) is 2.66.